The molecule has 2 aliphatic heterocycles. The standard InChI is InChI=1S/C23H39FN4O3/c1-14-6-7-19(24)18-11-20(26-22(14)18)23(31)25-15-4-3-5-16(10-15)28-9-8-17(12-28)27(2)21(30)13-29/h14-20,22,26,29H,3-13H2,1-2H3,(H,25,31)/t14?,15-,16-,17?,18?,19?,20?,22?/m1/s1. The van der Waals surface area contributed by atoms with E-state index in [1.165, 1.54) is 0 Å². The van der Waals surface area contributed by atoms with E-state index in [4.69, 9.17) is 5.11 Å². The second-order valence-electron chi connectivity index (χ2n) is 10.3. The summed E-state index contributed by atoms with van der Waals surface area (Å²) in [7, 11) is 1.77. The molecule has 7 nitrogen and oxygen atoms in total. The molecule has 0 aromatic rings. The van der Waals surface area contributed by atoms with E-state index < -0.39 is 12.8 Å². The topological polar surface area (TPSA) is 84.9 Å². The van der Waals surface area contributed by atoms with Crippen LogP contribution in [-0.2, 0) is 9.59 Å². The van der Waals surface area contributed by atoms with Gasteiger partial charge in [-0.1, -0.05) is 6.92 Å². The van der Waals surface area contributed by atoms with E-state index in [9.17, 15) is 14.0 Å². The van der Waals surface area contributed by atoms with Crippen molar-refractivity contribution in [3.05, 3.63) is 0 Å². The van der Waals surface area contributed by atoms with Crippen LogP contribution in [0.2, 0.25) is 0 Å². The summed E-state index contributed by atoms with van der Waals surface area (Å²) in [5, 5.41) is 15.8. The first-order valence-electron chi connectivity index (χ1n) is 12.2. The summed E-state index contributed by atoms with van der Waals surface area (Å²) >= 11 is 0. The minimum absolute atomic E-state index is 0.0289. The van der Waals surface area contributed by atoms with Gasteiger partial charge in [0.1, 0.15) is 12.8 Å². The molecule has 0 spiro atoms. The van der Waals surface area contributed by atoms with Crippen LogP contribution in [0.3, 0.4) is 0 Å². The van der Waals surface area contributed by atoms with Gasteiger partial charge in [0.25, 0.3) is 0 Å². The maximum absolute atomic E-state index is 14.4. The molecule has 2 saturated heterocycles. The summed E-state index contributed by atoms with van der Waals surface area (Å²) in [5.41, 5.74) is 0. The number of rotatable bonds is 5. The predicted molar refractivity (Wildman–Crippen MR) is 116 cm³/mol. The molecular formula is C23H39FN4O3. The Morgan fingerprint density at radius 3 is 2.74 bits per heavy atom. The molecule has 176 valence electrons. The Hall–Kier alpha value is -1.25. The summed E-state index contributed by atoms with van der Waals surface area (Å²) in [5.74, 6) is 0.203. The highest BCUT2D eigenvalue weighted by Crippen LogP contribution is 2.38. The average Bonchev–Trinajstić information content (AvgIpc) is 3.44. The Bertz CT molecular complexity index is 647. The lowest BCUT2D eigenvalue weighted by Crippen LogP contribution is -2.51. The van der Waals surface area contributed by atoms with E-state index in [2.05, 4.69) is 22.5 Å². The summed E-state index contributed by atoms with van der Waals surface area (Å²) in [4.78, 5) is 28.9. The summed E-state index contributed by atoms with van der Waals surface area (Å²) in [6.45, 7) is 3.50. The zero-order valence-electron chi connectivity index (χ0n) is 18.9. The number of hydrogen-bond donors (Lipinski definition) is 3. The van der Waals surface area contributed by atoms with Gasteiger partial charge in [-0.05, 0) is 57.3 Å². The van der Waals surface area contributed by atoms with Gasteiger partial charge in [0, 0.05) is 50.2 Å². The molecular weight excluding hydrogens is 399 g/mol. The number of aliphatic hydroxyl groups is 1. The van der Waals surface area contributed by atoms with E-state index in [0.29, 0.717) is 24.8 Å². The van der Waals surface area contributed by atoms with Crippen molar-refractivity contribution in [2.75, 3.05) is 26.7 Å². The van der Waals surface area contributed by atoms with Crippen LogP contribution in [0.15, 0.2) is 0 Å². The number of carbonyl (C=O) groups is 2. The van der Waals surface area contributed by atoms with Gasteiger partial charge in [0.2, 0.25) is 11.8 Å². The van der Waals surface area contributed by atoms with Crippen LogP contribution in [0, 0.1) is 11.8 Å². The van der Waals surface area contributed by atoms with Gasteiger partial charge in [-0.25, -0.2) is 4.39 Å². The zero-order chi connectivity index (χ0) is 22.1. The number of nitrogens with one attached hydrogen (secondary N) is 2. The smallest absolute Gasteiger partial charge is 0.248 e. The molecule has 2 saturated carbocycles. The number of fused-ring (bicyclic) bond motifs is 1. The highest BCUT2D eigenvalue weighted by Gasteiger charge is 2.46. The number of alkyl halides is 1. The third-order valence-electron chi connectivity index (χ3n) is 8.44. The molecule has 4 fully saturated rings. The third-order valence-corrected chi connectivity index (χ3v) is 8.44. The minimum atomic E-state index is -0.787. The first kappa shape index (κ1) is 22.9. The predicted octanol–water partition coefficient (Wildman–Crippen LogP) is 1.05. The van der Waals surface area contributed by atoms with Crippen molar-refractivity contribution < 1.29 is 19.1 Å². The summed E-state index contributed by atoms with van der Waals surface area (Å²) in [6, 6.07) is 0.569. The molecule has 3 N–H and O–H groups in total. The molecule has 4 rings (SSSR count). The molecule has 0 aromatic carbocycles. The second kappa shape index (κ2) is 9.71. The Morgan fingerprint density at radius 1 is 1.19 bits per heavy atom. The van der Waals surface area contributed by atoms with E-state index in [0.717, 1.165) is 51.6 Å². The van der Waals surface area contributed by atoms with Crippen LogP contribution >= 0.6 is 0 Å². The number of likely N-dealkylation sites (tertiary alicyclic amines) is 1. The van der Waals surface area contributed by atoms with Gasteiger partial charge in [-0.3, -0.25) is 14.5 Å². The van der Waals surface area contributed by atoms with E-state index >= 15 is 0 Å². The molecule has 4 aliphatic rings. The number of halogens is 1. The fourth-order valence-corrected chi connectivity index (χ4v) is 6.46. The quantitative estimate of drug-likeness (QED) is 0.598. The van der Waals surface area contributed by atoms with Gasteiger partial charge in [-0.2, -0.15) is 0 Å². The number of hydrogen-bond acceptors (Lipinski definition) is 5. The zero-order valence-corrected chi connectivity index (χ0v) is 18.9. The van der Waals surface area contributed by atoms with Gasteiger partial charge >= 0.3 is 0 Å². The second-order valence-corrected chi connectivity index (χ2v) is 10.3. The number of nitrogens with zero attached hydrogens (tertiary/aromatic N) is 2. The minimum Gasteiger partial charge on any atom is -0.387 e. The van der Waals surface area contributed by atoms with Crippen molar-refractivity contribution in [3.63, 3.8) is 0 Å². The first-order valence-corrected chi connectivity index (χ1v) is 12.2. The normalized spacial score (nSPS) is 41.0. The maximum Gasteiger partial charge on any atom is 0.248 e. The van der Waals surface area contributed by atoms with Crippen molar-refractivity contribution in [3.8, 4) is 0 Å². The monoisotopic (exact) mass is 438 g/mol. The Balaban J connectivity index is 1.28. The first-order chi connectivity index (χ1) is 14.9. The highest BCUT2D eigenvalue weighted by atomic mass is 19.1. The molecule has 0 radical (unpaired) electrons. The van der Waals surface area contributed by atoms with Crippen molar-refractivity contribution in [2.24, 2.45) is 11.8 Å². The number of likely N-dealkylation sites (N-methyl/N-ethyl adjacent to an activating group) is 1. The van der Waals surface area contributed by atoms with Crippen molar-refractivity contribution in [1.82, 2.24) is 20.4 Å². The Kier molecular flexibility index (Phi) is 7.18. The molecule has 6 unspecified atom stereocenters. The third kappa shape index (κ3) is 4.91. The van der Waals surface area contributed by atoms with Crippen LogP contribution in [0.5, 0.6) is 0 Å². The van der Waals surface area contributed by atoms with Gasteiger partial charge in [0.05, 0.1) is 6.04 Å². The van der Waals surface area contributed by atoms with Crippen LogP contribution < -0.4 is 10.6 Å². The molecule has 8 heteroatoms. The molecule has 0 bridgehead atoms. The fraction of sp³-hybridized carbons (Fsp3) is 0.913. The largest absolute Gasteiger partial charge is 0.387 e. The van der Waals surface area contributed by atoms with Crippen molar-refractivity contribution in [2.45, 2.75) is 94.7 Å². The molecule has 0 aromatic heterocycles. The summed E-state index contributed by atoms with van der Waals surface area (Å²) in [6.07, 6.45) is 6.37. The van der Waals surface area contributed by atoms with E-state index in [1.807, 2.05) is 0 Å². The highest BCUT2D eigenvalue weighted by molar-refractivity contribution is 5.82. The van der Waals surface area contributed by atoms with Gasteiger partial charge in [-0.15, -0.1) is 0 Å². The van der Waals surface area contributed by atoms with E-state index in [1.54, 1.807) is 11.9 Å². The maximum atomic E-state index is 14.4. The molecule has 2 heterocycles. The van der Waals surface area contributed by atoms with Crippen LogP contribution in [0.4, 0.5) is 4.39 Å². The lowest BCUT2D eigenvalue weighted by Gasteiger charge is -2.36. The summed E-state index contributed by atoms with van der Waals surface area (Å²) < 4.78 is 14.4. The van der Waals surface area contributed by atoms with Crippen molar-refractivity contribution >= 4 is 11.8 Å². The SMILES string of the molecule is CC1CCC(F)C2CC(C(=O)N[C@@H]3CCC[C@@H](N4CCC(N(C)C(=O)CO)C4)C3)NC12. The lowest BCUT2D eigenvalue weighted by molar-refractivity contribution is -0.134. The Labute approximate surface area is 185 Å². The number of aliphatic hydroxyl groups excluding tert-OH is 1. The van der Waals surface area contributed by atoms with E-state index in [-0.39, 0.29) is 41.9 Å². The van der Waals surface area contributed by atoms with Crippen LogP contribution in [0.25, 0.3) is 0 Å². The molecule has 2 amide bonds. The van der Waals surface area contributed by atoms with Crippen LogP contribution in [0.1, 0.15) is 58.3 Å². The number of amides is 2. The molecule has 31 heavy (non-hydrogen) atoms. The number of carbonyl (C=O) groups excluding carboxylic acids is 2. The van der Waals surface area contributed by atoms with Crippen molar-refractivity contribution in [1.29, 1.82) is 0 Å². The van der Waals surface area contributed by atoms with Crippen LogP contribution in [-0.4, -0.2) is 89.8 Å². The van der Waals surface area contributed by atoms with Gasteiger partial charge in [0.15, 0.2) is 0 Å². The average molecular weight is 439 g/mol. The van der Waals surface area contributed by atoms with Gasteiger partial charge < -0.3 is 20.6 Å². The molecule has 8 atom stereocenters. The lowest BCUT2D eigenvalue weighted by atomic mass is 9.77. The molecule has 2 aliphatic carbocycles. The fourth-order valence-electron chi connectivity index (χ4n) is 6.46. The Morgan fingerprint density at radius 2 is 2.00 bits per heavy atom.